The molecule has 1 N–H and O–H groups in total. The predicted octanol–water partition coefficient (Wildman–Crippen LogP) is 2.68. The lowest BCUT2D eigenvalue weighted by Crippen LogP contribution is -2.13. The SMILES string of the molecule is C=C(Cl)CNCc1ccc(CC)o1. The molecule has 13 heavy (non-hydrogen) atoms. The van der Waals surface area contributed by atoms with Gasteiger partial charge in [-0.1, -0.05) is 25.1 Å². The van der Waals surface area contributed by atoms with E-state index in [1.54, 1.807) is 0 Å². The molecule has 0 aliphatic carbocycles. The van der Waals surface area contributed by atoms with Crippen LogP contribution in [0.1, 0.15) is 18.4 Å². The van der Waals surface area contributed by atoms with E-state index in [4.69, 9.17) is 16.0 Å². The van der Waals surface area contributed by atoms with Crippen molar-refractivity contribution in [2.24, 2.45) is 0 Å². The smallest absolute Gasteiger partial charge is 0.117 e. The zero-order valence-electron chi connectivity index (χ0n) is 7.77. The van der Waals surface area contributed by atoms with Crippen molar-refractivity contribution in [1.82, 2.24) is 5.32 Å². The van der Waals surface area contributed by atoms with E-state index in [1.165, 1.54) is 0 Å². The molecule has 0 aromatic carbocycles. The number of rotatable bonds is 5. The first-order chi connectivity index (χ1) is 6.22. The normalized spacial score (nSPS) is 10.3. The zero-order valence-corrected chi connectivity index (χ0v) is 8.53. The summed E-state index contributed by atoms with van der Waals surface area (Å²) in [6.07, 6.45) is 0.933. The van der Waals surface area contributed by atoms with Gasteiger partial charge in [0, 0.05) is 18.0 Å². The summed E-state index contributed by atoms with van der Waals surface area (Å²) in [6, 6.07) is 3.97. The number of nitrogens with one attached hydrogen (secondary N) is 1. The number of halogens is 1. The molecular weight excluding hydrogens is 186 g/mol. The Hall–Kier alpha value is -0.730. The summed E-state index contributed by atoms with van der Waals surface area (Å²) in [7, 11) is 0. The van der Waals surface area contributed by atoms with Crippen LogP contribution in [0.2, 0.25) is 0 Å². The van der Waals surface area contributed by atoms with Gasteiger partial charge in [-0.2, -0.15) is 0 Å². The van der Waals surface area contributed by atoms with Gasteiger partial charge in [-0.15, -0.1) is 0 Å². The molecule has 1 rings (SSSR count). The van der Waals surface area contributed by atoms with Crippen LogP contribution in [0.15, 0.2) is 28.2 Å². The second-order valence-electron chi connectivity index (χ2n) is 2.84. The van der Waals surface area contributed by atoms with Crippen molar-refractivity contribution in [2.75, 3.05) is 6.54 Å². The third-order valence-electron chi connectivity index (χ3n) is 1.68. The predicted molar refractivity (Wildman–Crippen MR) is 54.8 cm³/mol. The molecule has 3 heteroatoms. The van der Waals surface area contributed by atoms with Crippen LogP contribution in [-0.4, -0.2) is 6.54 Å². The van der Waals surface area contributed by atoms with Gasteiger partial charge in [0.25, 0.3) is 0 Å². The maximum Gasteiger partial charge on any atom is 0.117 e. The highest BCUT2D eigenvalue weighted by molar-refractivity contribution is 6.29. The Morgan fingerprint density at radius 3 is 2.77 bits per heavy atom. The Morgan fingerprint density at radius 2 is 2.23 bits per heavy atom. The van der Waals surface area contributed by atoms with Crippen molar-refractivity contribution in [1.29, 1.82) is 0 Å². The van der Waals surface area contributed by atoms with E-state index in [2.05, 4.69) is 18.8 Å². The van der Waals surface area contributed by atoms with Crippen molar-refractivity contribution in [2.45, 2.75) is 19.9 Å². The largest absolute Gasteiger partial charge is 0.465 e. The maximum atomic E-state index is 5.59. The Kier molecular flexibility index (Phi) is 4.06. The summed E-state index contributed by atoms with van der Waals surface area (Å²) in [6.45, 7) is 6.96. The van der Waals surface area contributed by atoms with Crippen LogP contribution in [0, 0.1) is 0 Å². The third kappa shape index (κ3) is 3.66. The van der Waals surface area contributed by atoms with Gasteiger partial charge in [-0.05, 0) is 12.1 Å². The molecule has 0 aliphatic heterocycles. The van der Waals surface area contributed by atoms with Crippen molar-refractivity contribution in [3.05, 3.63) is 35.3 Å². The topological polar surface area (TPSA) is 25.2 Å². The number of hydrogen-bond donors (Lipinski definition) is 1. The van der Waals surface area contributed by atoms with E-state index in [0.717, 1.165) is 17.9 Å². The highest BCUT2D eigenvalue weighted by Gasteiger charge is 1.99. The maximum absolute atomic E-state index is 5.59. The van der Waals surface area contributed by atoms with Gasteiger partial charge in [-0.3, -0.25) is 0 Å². The molecule has 1 heterocycles. The average molecular weight is 200 g/mol. The number of furan rings is 1. The van der Waals surface area contributed by atoms with E-state index in [0.29, 0.717) is 18.1 Å². The monoisotopic (exact) mass is 199 g/mol. The quantitative estimate of drug-likeness (QED) is 0.789. The summed E-state index contributed by atoms with van der Waals surface area (Å²) in [4.78, 5) is 0. The molecule has 0 bridgehead atoms. The molecule has 0 atom stereocenters. The van der Waals surface area contributed by atoms with Gasteiger partial charge in [0.2, 0.25) is 0 Å². The summed E-state index contributed by atoms with van der Waals surface area (Å²) >= 11 is 5.59. The van der Waals surface area contributed by atoms with Gasteiger partial charge >= 0.3 is 0 Å². The first kappa shape index (κ1) is 10.4. The second kappa shape index (κ2) is 5.10. The number of hydrogen-bond acceptors (Lipinski definition) is 2. The standard InChI is InChI=1S/C10H14ClNO/c1-3-9-4-5-10(13-9)7-12-6-8(2)11/h4-5,12H,2-3,6-7H2,1H3. The summed E-state index contributed by atoms with van der Waals surface area (Å²) in [5.41, 5.74) is 0. The van der Waals surface area contributed by atoms with Crippen LogP contribution in [0.25, 0.3) is 0 Å². The van der Waals surface area contributed by atoms with Crippen LogP contribution < -0.4 is 5.32 Å². The molecule has 2 nitrogen and oxygen atoms in total. The fourth-order valence-electron chi connectivity index (χ4n) is 1.03. The Labute approximate surface area is 83.6 Å². The molecule has 0 radical (unpaired) electrons. The first-order valence-electron chi connectivity index (χ1n) is 4.34. The molecule has 0 amide bonds. The van der Waals surface area contributed by atoms with Gasteiger partial charge in [0.1, 0.15) is 11.5 Å². The van der Waals surface area contributed by atoms with Gasteiger partial charge in [-0.25, -0.2) is 0 Å². The molecule has 72 valence electrons. The minimum absolute atomic E-state index is 0.613. The fraction of sp³-hybridized carbons (Fsp3) is 0.400. The summed E-state index contributed by atoms with van der Waals surface area (Å²) in [5, 5.41) is 3.73. The molecule has 0 spiro atoms. The van der Waals surface area contributed by atoms with Gasteiger partial charge in [0.15, 0.2) is 0 Å². The lowest BCUT2D eigenvalue weighted by atomic mass is 10.3. The molecule has 0 saturated heterocycles. The average Bonchev–Trinajstić information content (AvgIpc) is 2.52. The van der Waals surface area contributed by atoms with Crippen LogP contribution in [0.5, 0.6) is 0 Å². The molecule has 0 unspecified atom stereocenters. The van der Waals surface area contributed by atoms with Crippen LogP contribution >= 0.6 is 11.6 Å². The van der Waals surface area contributed by atoms with E-state index in [-0.39, 0.29) is 0 Å². The van der Waals surface area contributed by atoms with Crippen molar-refractivity contribution < 1.29 is 4.42 Å². The number of aryl methyl sites for hydroxylation is 1. The molecule has 0 fully saturated rings. The summed E-state index contributed by atoms with van der Waals surface area (Å²) in [5.74, 6) is 1.95. The second-order valence-corrected chi connectivity index (χ2v) is 3.38. The fourth-order valence-corrected chi connectivity index (χ4v) is 1.12. The van der Waals surface area contributed by atoms with Crippen molar-refractivity contribution >= 4 is 11.6 Å². The van der Waals surface area contributed by atoms with Crippen LogP contribution in [0.3, 0.4) is 0 Å². The lowest BCUT2D eigenvalue weighted by molar-refractivity contribution is 0.455. The Bertz CT molecular complexity index is 280. The molecule has 1 aromatic heterocycles. The minimum atomic E-state index is 0.613. The van der Waals surface area contributed by atoms with Crippen molar-refractivity contribution in [3.63, 3.8) is 0 Å². The summed E-state index contributed by atoms with van der Waals surface area (Å²) < 4.78 is 5.48. The zero-order chi connectivity index (χ0) is 9.68. The Morgan fingerprint density at radius 1 is 1.54 bits per heavy atom. The molecule has 0 saturated carbocycles. The lowest BCUT2D eigenvalue weighted by Gasteiger charge is -1.99. The van der Waals surface area contributed by atoms with Gasteiger partial charge in [0.05, 0.1) is 6.54 Å². The minimum Gasteiger partial charge on any atom is -0.465 e. The van der Waals surface area contributed by atoms with E-state index >= 15 is 0 Å². The molecule has 0 aliphatic rings. The van der Waals surface area contributed by atoms with E-state index < -0.39 is 0 Å². The highest BCUT2D eigenvalue weighted by atomic mass is 35.5. The van der Waals surface area contributed by atoms with E-state index in [9.17, 15) is 0 Å². The highest BCUT2D eigenvalue weighted by Crippen LogP contribution is 2.07. The van der Waals surface area contributed by atoms with E-state index in [1.807, 2.05) is 12.1 Å². The van der Waals surface area contributed by atoms with Crippen LogP contribution in [-0.2, 0) is 13.0 Å². The molecule has 1 aromatic rings. The Balaban J connectivity index is 2.32. The van der Waals surface area contributed by atoms with Gasteiger partial charge < -0.3 is 9.73 Å². The first-order valence-corrected chi connectivity index (χ1v) is 4.71. The van der Waals surface area contributed by atoms with Crippen LogP contribution in [0.4, 0.5) is 0 Å². The molecular formula is C10H14ClNO. The third-order valence-corrected chi connectivity index (χ3v) is 1.82. The van der Waals surface area contributed by atoms with Crippen molar-refractivity contribution in [3.8, 4) is 0 Å².